The molecule has 1 aromatic carbocycles. The van der Waals surface area contributed by atoms with Crippen LogP contribution in [0.2, 0.25) is 0 Å². The van der Waals surface area contributed by atoms with E-state index in [-0.39, 0.29) is 18.1 Å². The minimum Gasteiger partial charge on any atom is -0.465 e. The van der Waals surface area contributed by atoms with Crippen LogP contribution in [0.25, 0.3) is 0 Å². The van der Waals surface area contributed by atoms with Crippen molar-refractivity contribution in [2.75, 3.05) is 6.61 Å². The molecular formula is C13H18BrNO2. The molecule has 4 heteroatoms. The minimum atomic E-state index is -0.302. The Morgan fingerprint density at radius 2 is 2.18 bits per heavy atom. The lowest BCUT2D eigenvalue weighted by Gasteiger charge is -2.19. The Kier molecular flexibility index (Phi) is 5.65. The van der Waals surface area contributed by atoms with Crippen LogP contribution in [0.1, 0.15) is 32.4 Å². The standard InChI is InChI=1S/C13H18BrNO2/c1-4-17-13(16)10(3)15-9(2)11-6-5-7-12(14)8-11/h5-10,15H,4H2,1-3H3/t9-,10?/m1/s1. The van der Waals surface area contributed by atoms with Gasteiger partial charge in [0.15, 0.2) is 0 Å². The molecule has 0 aromatic heterocycles. The van der Waals surface area contributed by atoms with Crippen LogP contribution in [0, 0.1) is 0 Å². The lowest BCUT2D eigenvalue weighted by Crippen LogP contribution is -2.37. The number of carbonyl (C=O) groups is 1. The van der Waals surface area contributed by atoms with E-state index in [1.54, 1.807) is 0 Å². The van der Waals surface area contributed by atoms with Gasteiger partial charge >= 0.3 is 5.97 Å². The maximum absolute atomic E-state index is 11.5. The molecule has 0 amide bonds. The highest BCUT2D eigenvalue weighted by Crippen LogP contribution is 2.18. The number of hydrogen-bond donors (Lipinski definition) is 1. The van der Waals surface area contributed by atoms with Gasteiger partial charge in [0.05, 0.1) is 6.61 Å². The Labute approximate surface area is 111 Å². The van der Waals surface area contributed by atoms with E-state index in [4.69, 9.17) is 4.74 Å². The number of rotatable bonds is 5. The number of carbonyl (C=O) groups excluding carboxylic acids is 1. The maximum Gasteiger partial charge on any atom is 0.322 e. The largest absolute Gasteiger partial charge is 0.465 e. The fraction of sp³-hybridized carbons (Fsp3) is 0.462. The normalized spacial score (nSPS) is 14.1. The van der Waals surface area contributed by atoms with Gasteiger partial charge in [0.25, 0.3) is 0 Å². The van der Waals surface area contributed by atoms with E-state index in [9.17, 15) is 4.79 Å². The van der Waals surface area contributed by atoms with Crippen LogP contribution in [0.15, 0.2) is 28.7 Å². The molecule has 0 aliphatic heterocycles. The summed E-state index contributed by atoms with van der Waals surface area (Å²) in [5.41, 5.74) is 1.13. The molecule has 1 unspecified atom stereocenters. The van der Waals surface area contributed by atoms with Crippen LogP contribution in [-0.2, 0) is 9.53 Å². The third kappa shape index (κ3) is 4.48. The number of nitrogens with one attached hydrogen (secondary N) is 1. The summed E-state index contributed by atoms with van der Waals surface area (Å²) in [4.78, 5) is 11.5. The quantitative estimate of drug-likeness (QED) is 0.849. The second kappa shape index (κ2) is 6.77. The molecule has 94 valence electrons. The van der Waals surface area contributed by atoms with Gasteiger partial charge in [-0.15, -0.1) is 0 Å². The molecule has 0 spiro atoms. The molecule has 0 aliphatic rings. The predicted molar refractivity (Wildman–Crippen MR) is 71.8 cm³/mol. The van der Waals surface area contributed by atoms with Gasteiger partial charge in [0.1, 0.15) is 6.04 Å². The van der Waals surface area contributed by atoms with Gasteiger partial charge in [-0.2, -0.15) is 0 Å². The van der Waals surface area contributed by atoms with Gasteiger partial charge in [0, 0.05) is 10.5 Å². The first-order valence-electron chi connectivity index (χ1n) is 5.72. The molecule has 1 N–H and O–H groups in total. The molecule has 0 bridgehead atoms. The number of ether oxygens (including phenoxy) is 1. The zero-order valence-corrected chi connectivity index (χ0v) is 12.0. The molecule has 1 aromatic rings. The van der Waals surface area contributed by atoms with Gasteiger partial charge in [-0.25, -0.2) is 0 Å². The van der Waals surface area contributed by atoms with Crippen molar-refractivity contribution in [3.05, 3.63) is 34.3 Å². The van der Waals surface area contributed by atoms with Crippen molar-refractivity contribution in [1.29, 1.82) is 0 Å². The van der Waals surface area contributed by atoms with E-state index < -0.39 is 0 Å². The van der Waals surface area contributed by atoms with E-state index in [1.165, 1.54) is 0 Å². The molecular weight excluding hydrogens is 282 g/mol. The Bertz CT molecular complexity index is 381. The van der Waals surface area contributed by atoms with Crippen LogP contribution >= 0.6 is 15.9 Å². The molecule has 0 aliphatic carbocycles. The fourth-order valence-corrected chi connectivity index (χ4v) is 2.00. The van der Waals surface area contributed by atoms with Crippen LogP contribution in [0.5, 0.6) is 0 Å². The Morgan fingerprint density at radius 3 is 2.76 bits per heavy atom. The van der Waals surface area contributed by atoms with Crippen molar-refractivity contribution in [1.82, 2.24) is 5.32 Å². The maximum atomic E-state index is 11.5. The van der Waals surface area contributed by atoms with E-state index in [2.05, 4.69) is 21.2 Å². The average molecular weight is 300 g/mol. The van der Waals surface area contributed by atoms with E-state index in [1.807, 2.05) is 45.0 Å². The number of hydrogen-bond acceptors (Lipinski definition) is 3. The molecule has 1 rings (SSSR count). The monoisotopic (exact) mass is 299 g/mol. The summed E-state index contributed by atoms with van der Waals surface area (Å²) in [5, 5.41) is 3.21. The summed E-state index contributed by atoms with van der Waals surface area (Å²) in [6.07, 6.45) is 0. The van der Waals surface area contributed by atoms with Crippen molar-refractivity contribution in [3.8, 4) is 0 Å². The SMILES string of the molecule is CCOC(=O)C(C)N[C@H](C)c1cccc(Br)c1. The highest BCUT2D eigenvalue weighted by Gasteiger charge is 2.16. The van der Waals surface area contributed by atoms with Crippen LogP contribution in [-0.4, -0.2) is 18.6 Å². The molecule has 0 fully saturated rings. The van der Waals surface area contributed by atoms with Gasteiger partial charge in [-0.1, -0.05) is 28.1 Å². The van der Waals surface area contributed by atoms with E-state index >= 15 is 0 Å². The van der Waals surface area contributed by atoms with Gasteiger partial charge in [-0.05, 0) is 38.5 Å². The van der Waals surface area contributed by atoms with Crippen molar-refractivity contribution < 1.29 is 9.53 Å². The summed E-state index contributed by atoms with van der Waals surface area (Å²) in [6, 6.07) is 7.82. The molecule has 2 atom stereocenters. The summed E-state index contributed by atoms with van der Waals surface area (Å²) in [6.45, 7) is 6.06. The summed E-state index contributed by atoms with van der Waals surface area (Å²) in [5.74, 6) is -0.214. The highest BCUT2D eigenvalue weighted by atomic mass is 79.9. The van der Waals surface area contributed by atoms with Crippen LogP contribution < -0.4 is 5.32 Å². The number of esters is 1. The molecule has 3 nitrogen and oxygen atoms in total. The first kappa shape index (κ1) is 14.2. The zero-order valence-electron chi connectivity index (χ0n) is 10.4. The third-order valence-electron chi connectivity index (χ3n) is 2.49. The zero-order chi connectivity index (χ0) is 12.8. The second-order valence-corrected chi connectivity index (χ2v) is 4.83. The fourth-order valence-electron chi connectivity index (χ4n) is 1.58. The summed E-state index contributed by atoms with van der Waals surface area (Å²) >= 11 is 3.43. The molecule has 0 saturated heterocycles. The topological polar surface area (TPSA) is 38.3 Å². The van der Waals surface area contributed by atoms with Gasteiger partial charge in [-0.3, -0.25) is 10.1 Å². The van der Waals surface area contributed by atoms with Crippen LogP contribution in [0.3, 0.4) is 0 Å². The molecule has 0 heterocycles. The first-order valence-corrected chi connectivity index (χ1v) is 6.52. The lowest BCUT2D eigenvalue weighted by atomic mass is 10.1. The smallest absolute Gasteiger partial charge is 0.322 e. The number of halogens is 1. The van der Waals surface area contributed by atoms with Crippen molar-refractivity contribution >= 4 is 21.9 Å². The van der Waals surface area contributed by atoms with E-state index in [0.29, 0.717) is 6.61 Å². The predicted octanol–water partition coefficient (Wildman–Crippen LogP) is 3.05. The molecule has 0 saturated carbocycles. The first-order chi connectivity index (χ1) is 8.04. The molecule has 0 radical (unpaired) electrons. The minimum absolute atomic E-state index is 0.104. The van der Waals surface area contributed by atoms with Gasteiger partial charge in [0.2, 0.25) is 0 Å². The molecule has 17 heavy (non-hydrogen) atoms. The average Bonchev–Trinajstić information content (AvgIpc) is 2.29. The second-order valence-electron chi connectivity index (χ2n) is 3.92. The Morgan fingerprint density at radius 1 is 1.47 bits per heavy atom. The lowest BCUT2D eigenvalue weighted by molar-refractivity contribution is -0.145. The summed E-state index contributed by atoms with van der Waals surface area (Å²) < 4.78 is 5.99. The number of benzene rings is 1. The van der Waals surface area contributed by atoms with Gasteiger partial charge < -0.3 is 4.74 Å². The van der Waals surface area contributed by atoms with Crippen molar-refractivity contribution in [2.24, 2.45) is 0 Å². The van der Waals surface area contributed by atoms with Crippen molar-refractivity contribution in [3.63, 3.8) is 0 Å². The highest BCUT2D eigenvalue weighted by molar-refractivity contribution is 9.10. The Hall–Kier alpha value is -0.870. The third-order valence-corrected chi connectivity index (χ3v) is 2.98. The summed E-state index contributed by atoms with van der Waals surface area (Å²) in [7, 11) is 0. The Balaban J connectivity index is 2.60. The van der Waals surface area contributed by atoms with Crippen LogP contribution in [0.4, 0.5) is 0 Å². The van der Waals surface area contributed by atoms with E-state index in [0.717, 1.165) is 10.0 Å². The van der Waals surface area contributed by atoms with Crippen molar-refractivity contribution in [2.45, 2.75) is 32.9 Å².